The van der Waals surface area contributed by atoms with Crippen LogP contribution in [0.2, 0.25) is 0 Å². The second-order valence-corrected chi connectivity index (χ2v) is 9.60. The van der Waals surface area contributed by atoms with Crippen molar-refractivity contribution >= 4 is 0 Å². The first-order chi connectivity index (χ1) is 16.6. The Balaban J connectivity index is 0.000000109. The Morgan fingerprint density at radius 3 is 2.26 bits per heavy atom. The number of imidazole rings is 2. The molecule has 2 fully saturated rings. The van der Waals surface area contributed by atoms with E-state index in [1.54, 1.807) is 0 Å². The Morgan fingerprint density at radius 2 is 1.59 bits per heavy atom. The molecule has 7 rings (SSSR count). The molecule has 0 N–H and O–H groups in total. The minimum Gasteiger partial charge on any atom is -0.375 e. The van der Waals surface area contributed by atoms with Crippen LogP contribution >= 0.6 is 0 Å². The number of aryl methyl sites for hydroxylation is 3. The molecular weight excluding hydrogens is 432 g/mol. The average Bonchev–Trinajstić information content (AvgIpc) is 3.64. The third kappa shape index (κ3) is 5.26. The van der Waals surface area contributed by atoms with E-state index in [2.05, 4.69) is 48.9 Å². The van der Waals surface area contributed by atoms with E-state index in [0.29, 0.717) is 24.9 Å². The molecule has 0 radical (unpaired) electrons. The van der Waals surface area contributed by atoms with Crippen LogP contribution in [0.3, 0.4) is 0 Å². The smallest absolute Gasteiger partial charge is 0.135 e. The Morgan fingerprint density at radius 1 is 0.853 bits per heavy atom. The number of aromatic nitrogens is 6. The van der Waals surface area contributed by atoms with Crippen molar-refractivity contribution in [2.75, 3.05) is 13.2 Å². The van der Waals surface area contributed by atoms with Gasteiger partial charge in [-0.25, -0.2) is 9.97 Å². The van der Waals surface area contributed by atoms with Gasteiger partial charge in [-0.1, -0.05) is 0 Å². The van der Waals surface area contributed by atoms with Gasteiger partial charge in [-0.15, -0.1) is 0 Å². The first kappa shape index (κ1) is 23.3. The van der Waals surface area contributed by atoms with E-state index >= 15 is 0 Å². The molecule has 3 aromatic heterocycles. The number of hydrogen-bond donors (Lipinski definition) is 0. The Hall–Kier alpha value is -2.49. The van der Waals surface area contributed by atoms with Gasteiger partial charge in [0.05, 0.1) is 56.2 Å². The van der Waals surface area contributed by atoms with E-state index in [0.717, 1.165) is 57.4 Å². The normalized spacial score (nSPS) is 24.9. The number of ether oxygens (including phenoxy) is 3. The molecular formula is C25H36N6O3. The van der Waals surface area contributed by atoms with Crippen LogP contribution in [0.25, 0.3) is 0 Å². The molecule has 9 nitrogen and oxygen atoms in total. The van der Waals surface area contributed by atoms with Gasteiger partial charge in [-0.2, -0.15) is 5.10 Å². The zero-order chi connectivity index (χ0) is 23.5. The van der Waals surface area contributed by atoms with Gasteiger partial charge in [0, 0.05) is 31.2 Å². The maximum atomic E-state index is 5.81. The van der Waals surface area contributed by atoms with Crippen LogP contribution in [0.15, 0.2) is 24.8 Å². The van der Waals surface area contributed by atoms with E-state index in [-0.39, 0.29) is 0 Å². The minimum atomic E-state index is 0.503. The maximum absolute atomic E-state index is 5.81. The fraction of sp³-hybridized carbons (Fsp3) is 0.640. The highest BCUT2D eigenvalue weighted by atomic mass is 16.5. The molecule has 4 aliphatic rings. The summed E-state index contributed by atoms with van der Waals surface area (Å²) in [5.41, 5.74) is 3.69. The molecule has 0 aromatic carbocycles. The third-order valence-electron chi connectivity index (χ3n) is 7.05. The molecule has 34 heavy (non-hydrogen) atoms. The van der Waals surface area contributed by atoms with Gasteiger partial charge in [0.1, 0.15) is 18.3 Å². The van der Waals surface area contributed by atoms with Gasteiger partial charge in [0.2, 0.25) is 0 Å². The van der Waals surface area contributed by atoms with E-state index in [9.17, 15) is 0 Å². The van der Waals surface area contributed by atoms with E-state index < -0.39 is 0 Å². The van der Waals surface area contributed by atoms with Crippen molar-refractivity contribution in [1.29, 1.82) is 0 Å². The molecule has 4 aliphatic heterocycles. The van der Waals surface area contributed by atoms with Crippen LogP contribution in [0, 0.1) is 20.8 Å². The summed E-state index contributed by atoms with van der Waals surface area (Å²) < 4.78 is 22.8. The van der Waals surface area contributed by atoms with Crippen molar-refractivity contribution in [3.63, 3.8) is 0 Å². The maximum Gasteiger partial charge on any atom is 0.135 e. The highest BCUT2D eigenvalue weighted by Crippen LogP contribution is 2.37. The fourth-order valence-electron chi connectivity index (χ4n) is 5.20. The number of rotatable bonds is 1. The van der Waals surface area contributed by atoms with Crippen molar-refractivity contribution in [2.45, 2.75) is 91.0 Å². The van der Waals surface area contributed by atoms with E-state index in [4.69, 9.17) is 14.2 Å². The van der Waals surface area contributed by atoms with Crippen molar-refractivity contribution in [3.05, 3.63) is 53.4 Å². The van der Waals surface area contributed by atoms with Crippen LogP contribution in [0.4, 0.5) is 0 Å². The molecule has 7 heterocycles. The van der Waals surface area contributed by atoms with Crippen LogP contribution < -0.4 is 0 Å². The minimum absolute atomic E-state index is 0.503. The zero-order valence-corrected chi connectivity index (χ0v) is 20.5. The van der Waals surface area contributed by atoms with Crippen molar-refractivity contribution in [3.8, 4) is 0 Å². The molecule has 0 aliphatic carbocycles. The molecule has 2 atom stereocenters. The van der Waals surface area contributed by atoms with Crippen LogP contribution in [-0.2, 0) is 40.5 Å². The molecule has 0 amide bonds. The highest BCUT2D eigenvalue weighted by Gasteiger charge is 2.35. The summed E-state index contributed by atoms with van der Waals surface area (Å²) in [7, 11) is 0. The first-order valence-corrected chi connectivity index (χ1v) is 12.4. The molecule has 2 bridgehead atoms. The number of fused-ring (bicyclic) bond motifs is 4. The molecule has 184 valence electrons. The summed E-state index contributed by atoms with van der Waals surface area (Å²) in [6.45, 7) is 11.2. The summed E-state index contributed by atoms with van der Waals surface area (Å²) in [4.78, 5) is 8.38. The predicted octanol–water partition coefficient (Wildman–Crippen LogP) is 3.52. The van der Waals surface area contributed by atoms with Crippen LogP contribution in [0.1, 0.15) is 60.3 Å². The topological polar surface area (TPSA) is 81.1 Å². The lowest BCUT2D eigenvalue weighted by Gasteiger charge is -2.28. The standard InChI is InChI=1S/C11H16N2O.2C7H10N2O/c1-8-6-12-13(7-8)9-4-10-2-3-11(5-9)14-10;1-6-8-4-7-5-10-3-2-9(6)7;1-6-4-8-7-5-10-3-2-9(6)7/h6-7,9-11H,2-5H2,1H3;2*4H,2-3,5H2,1H3. The van der Waals surface area contributed by atoms with Crippen molar-refractivity contribution in [2.24, 2.45) is 0 Å². The van der Waals surface area contributed by atoms with Gasteiger partial charge >= 0.3 is 0 Å². The Kier molecular flexibility index (Phi) is 7.12. The Bertz CT molecular complexity index is 1020. The van der Waals surface area contributed by atoms with Crippen molar-refractivity contribution < 1.29 is 14.2 Å². The highest BCUT2D eigenvalue weighted by molar-refractivity contribution is 5.05. The molecule has 2 saturated heterocycles. The number of nitrogens with zero attached hydrogens (tertiary/aromatic N) is 6. The zero-order valence-electron chi connectivity index (χ0n) is 20.5. The second kappa shape index (κ2) is 10.4. The lowest BCUT2D eigenvalue weighted by atomic mass is 10.0. The molecule has 3 aromatic rings. The summed E-state index contributed by atoms with van der Waals surface area (Å²) >= 11 is 0. The summed E-state index contributed by atoms with van der Waals surface area (Å²) in [6, 6.07) is 0.579. The van der Waals surface area contributed by atoms with Crippen molar-refractivity contribution in [1.82, 2.24) is 28.9 Å². The molecule has 2 unspecified atom stereocenters. The quantitative estimate of drug-likeness (QED) is 0.544. The van der Waals surface area contributed by atoms with Gasteiger partial charge in [-0.3, -0.25) is 4.68 Å². The number of hydrogen-bond acceptors (Lipinski definition) is 6. The Labute approximate surface area is 201 Å². The monoisotopic (exact) mass is 468 g/mol. The lowest BCUT2D eigenvalue weighted by Crippen LogP contribution is -2.27. The second-order valence-electron chi connectivity index (χ2n) is 9.60. The molecule has 9 heteroatoms. The van der Waals surface area contributed by atoms with E-state index in [1.165, 1.54) is 29.8 Å². The largest absolute Gasteiger partial charge is 0.375 e. The predicted molar refractivity (Wildman–Crippen MR) is 126 cm³/mol. The molecule has 0 spiro atoms. The average molecular weight is 469 g/mol. The summed E-state index contributed by atoms with van der Waals surface area (Å²) in [5.74, 6) is 2.15. The van der Waals surface area contributed by atoms with Gasteiger partial charge < -0.3 is 23.3 Å². The SMILES string of the molecule is Cc1cnc2n1CCOC2.Cc1cnn(C2CC3CCC(C2)O3)c1.Cc1ncc2n1CCOC2. The molecule has 0 saturated carbocycles. The van der Waals surface area contributed by atoms with E-state index in [1.807, 2.05) is 25.5 Å². The summed E-state index contributed by atoms with van der Waals surface area (Å²) in [6.07, 6.45) is 13.7. The fourth-order valence-corrected chi connectivity index (χ4v) is 5.20. The van der Waals surface area contributed by atoms with Gasteiger partial charge in [0.15, 0.2) is 0 Å². The van der Waals surface area contributed by atoms with Crippen LogP contribution in [-0.4, -0.2) is 54.3 Å². The first-order valence-electron chi connectivity index (χ1n) is 12.4. The van der Waals surface area contributed by atoms with Crippen LogP contribution in [0.5, 0.6) is 0 Å². The third-order valence-corrected chi connectivity index (χ3v) is 7.05. The lowest BCUT2D eigenvalue weighted by molar-refractivity contribution is -0.0181. The summed E-state index contributed by atoms with van der Waals surface area (Å²) in [5, 5.41) is 4.40. The van der Waals surface area contributed by atoms with Gasteiger partial charge in [-0.05, 0) is 52.0 Å². The van der Waals surface area contributed by atoms with Gasteiger partial charge in [0.25, 0.3) is 0 Å².